The van der Waals surface area contributed by atoms with Crippen molar-refractivity contribution in [2.24, 2.45) is 7.05 Å². The molecule has 0 aliphatic rings. The summed E-state index contributed by atoms with van der Waals surface area (Å²) in [5, 5.41) is 11.2. The van der Waals surface area contributed by atoms with Crippen molar-refractivity contribution in [1.82, 2.24) is 20.1 Å². The molecule has 1 N–H and O–H groups in total. The largest absolute Gasteiger partial charge is 0.496 e. The molecule has 8 nitrogen and oxygen atoms in total. The predicted octanol–water partition coefficient (Wildman–Crippen LogP) is 1.25. The zero-order valence-corrected chi connectivity index (χ0v) is 14.8. The maximum atomic E-state index is 12.0. The average Bonchev–Trinajstić information content (AvgIpc) is 3.02. The van der Waals surface area contributed by atoms with Gasteiger partial charge in [0, 0.05) is 25.2 Å². The Labute approximate surface area is 144 Å². The summed E-state index contributed by atoms with van der Waals surface area (Å²) < 4.78 is 17.6. The molecule has 2 aromatic rings. The molecule has 24 heavy (non-hydrogen) atoms. The minimum Gasteiger partial charge on any atom is -0.496 e. The Morgan fingerprint density at radius 2 is 1.83 bits per heavy atom. The van der Waals surface area contributed by atoms with Crippen LogP contribution in [0, 0.1) is 0 Å². The molecule has 1 amide bonds. The Morgan fingerprint density at radius 1 is 1.17 bits per heavy atom. The minimum atomic E-state index is -0.111. The van der Waals surface area contributed by atoms with Gasteiger partial charge in [-0.15, -0.1) is 10.2 Å². The third-order valence-corrected chi connectivity index (χ3v) is 4.30. The van der Waals surface area contributed by atoms with E-state index in [2.05, 4.69) is 15.5 Å². The van der Waals surface area contributed by atoms with Crippen molar-refractivity contribution < 1.29 is 19.0 Å². The first-order valence-electron chi connectivity index (χ1n) is 7.11. The van der Waals surface area contributed by atoms with Crippen LogP contribution in [0.4, 0.5) is 0 Å². The number of methoxy groups -OCH3 is 3. The fourth-order valence-electron chi connectivity index (χ4n) is 2.01. The van der Waals surface area contributed by atoms with Gasteiger partial charge in [0.25, 0.3) is 0 Å². The molecule has 0 bridgehead atoms. The number of nitrogens with zero attached hydrogens (tertiary/aromatic N) is 3. The van der Waals surface area contributed by atoms with Gasteiger partial charge in [-0.1, -0.05) is 11.8 Å². The lowest BCUT2D eigenvalue weighted by molar-refractivity contribution is -0.118. The Morgan fingerprint density at radius 3 is 2.42 bits per heavy atom. The van der Waals surface area contributed by atoms with Crippen molar-refractivity contribution in [1.29, 1.82) is 0 Å². The van der Waals surface area contributed by atoms with Crippen molar-refractivity contribution in [3.05, 3.63) is 24.0 Å². The normalized spacial score (nSPS) is 10.3. The van der Waals surface area contributed by atoms with E-state index in [-0.39, 0.29) is 11.7 Å². The molecular formula is C15H20N4O4S. The van der Waals surface area contributed by atoms with Gasteiger partial charge in [0.2, 0.25) is 5.91 Å². The van der Waals surface area contributed by atoms with Crippen LogP contribution in [0.1, 0.15) is 5.56 Å². The van der Waals surface area contributed by atoms with Crippen molar-refractivity contribution in [3.8, 4) is 17.2 Å². The number of carbonyl (C=O) groups is 1. The van der Waals surface area contributed by atoms with Gasteiger partial charge in [-0.2, -0.15) is 0 Å². The second-order valence-corrected chi connectivity index (χ2v) is 5.75. The Kier molecular flexibility index (Phi) is 6.30. The molecule has 1 heterocycles. The van der Waals surface area contributed by atoms with E-state index in [1.165, 1.54) is 11.8 Å². The van der Waals surface area contributed by atoms with Crippen LogP contribution in [0.2, 0.25) is 0 Å². The number of thioether (sulfide) groups is 1. The monoisotopic (exact) mass is 352 g/mol. The summed E-state index contributed by atoms with van der Waals surface area (Å²) in [6.07, 6.45) is 1.59. The molecule has 9 heteroatoms. The van der Waals surface area contributed by atoms with E-state index >= 15 is 0 Å². The maximum absolute atomic E-state index is 12.0. The summed E-state index contributed by atoms with van der Waals surface area (Å²) in [5.74, 6) is 1.91. The summed E-state index contributed by atoms with van der Waals surface area (Å²) in [6, 6.07) is 3.52. The molecular weight excluding hydrogens is 332 g/mol. The third-order valence-electron chi connectivity index (χ3n) is 3.26. The quantitative estimate of drug-likeness (QED) is 0.715. The van der Waals surface area contributed by atoms with Gasteiger partial charge < -0.3 is 24.1 Å². The molecule has 0 saturated carbocycles. The Balaban J connectivity index is 1.97. The number of aryl methyl sites for hydroxylation is 1. The first-order chi connectivity index (χ1) is 11.6. The maximum Gasteiger partial charge on any atom is 0.230 e. The van der Waals surface area contributed by atoms with Crippen LogP contribution >= 0.6 is 11.8 Å². The van der Waals surface area contributed by atoms with Crippen LogP contribution in [0.15, 0.2) is 23.6 Å². The molecule has 0 unspecified atom stereocenters. The highest BCUT2D eigenvalue weighted by Crippen LogP contribution is 2.34. The standard InChI is InChI=1S/C15H20N4O4S/c1-19-9-17-18-15(19)24-8-14(20)16-7-10-5-12(22-3)13(23-4)6-11(10)21-2/h5-6,9H,7-8H2,1-4H3,(H,16,20). The van der Waals surface area contributed by atoms with Crippen LogP contribution in [0.3, 0.4) is 0 Å². The predicted molar refractivity (Wildman–Crippen MR) is 89.7 cm³/mol. The van der Waals surface area contributed by atoms with Gasteiger partial charge in [0.1, 0.15) is 12.1 Å². The summed E-state index contributed by atoms with van der Waals surface area (Å²) >= 11 is 1.32. The highest BCUT2D eigenvalue weighted by atomic mass is 32.2. The van der Waals surface area contributed by atoms with E-state index < -0.39 is 0 Å². The molecule has 0 aliphatic carbocycles. The molecule has 0 aliphatic heterocycles. The molecule has 0 saturated heterocycles. The van der Waals surface area contributed by atoms with Gasteiger partial charge >= 0.3 is 0 Å². The number of rotatable bonds is 8. The number of ether oxygens (including phenoxy) is 3. The molecule has 0 radical (unpaired) electrons. The lowest BCUT2D eigenvalue weighted by Crippen LogP contribution is -2.25. The highest BCUT2D eigenvalue weighted by molar-refractivity contribution is 7.99. The molecule has 1 aromatic carbocycles. The van der Waals surface area contributed by atoms with Crippen LogP contribution < -0.4 is 19.5 Å². The Bertz CT molecular complexity index is 705. The highest BCUT2D eigenvalue weighted by Gasteiger charge is 2.13. The molecule has 0 spiro atoms. The van der Waals surface area contributed by atoms with Crippen LogP contribution in [-0.4, -0.2) is 47.8 Å². The van der Waals surface area contributed by atoms with Crippen molar-refractivity contribution >= 4 is 17.7 Å². The zero-order chi connectivity index (χ0) is 17.5. The number of aromatic nitrogens is 3. The van der Waals surface area contributed by atoms with Gasteiger partial charge in [-0.3, -0.25) is 4.79 Å². The molecule has 0 atom stereocenters. The minimum absolute atomic E-state index is 0.111. The second-order valence-electron chi connectivity index (χ2n) is 4.81. The summed E-state index contributed by atoms with van der Waals surface area (Å²) in [6.45, 7) is 0.321. The third kappa shape index (κ3) is 4.31. The van der Waals surface area contributed by atoms with Crippen LogP contribution in [0.5, 0.6) is 17.2 Å². The number of hydrogen-bond donors (Lipinski definition) is 1. The van der Waals surface area contributed by atoms with E-state index in [9.17, 15) is 4.79 Å². The number of amides is 1. The molecule has 2 rings (SSSR count). The number of nitrogens with one attached hydrogen (secondary N) is 1. The molecule has 0 fully saturated rings. The van der Waals surface area contributed by atoms with E-state index in [4.69, 9.17) is 14.2 Å². The van der Waals surface area contributed by atoms with Gasteiger partial charge in [0.15, 0.2) is 16.7 Å². The van der Waals surface area contributed by atoms with Crippen molar-refractivity contribution in [3.63, 3.8) is 0 Å². The average molecular weight is 352 g/mol. The smallest absolute Gasteiger partial charge is 0.230 e. The van der Waals surface area contributed by atoms with E-state index in [1.54, 1.807) is 44.4 Å². The van der Waals surface area contributed by atoms with Gasteiger partial charge in [-0.25, -0.2) is 0 Å². The summed E-state index contributed by atoms with van der Waals surface area (Å²) in [5.41, 5.74) is 0.798. The lowest BCUT2D eigenvalue weighted by atomic mass is 10.1. The fourth-order valence-corrected chi connectivity index (χ4v) is 2.73. The second kappa shape index (κ2) is 8.44. The van der Waals surface area contributed by atoms with Crippen LogP contribution in [-0.2, 0) is 18.4 Å². The van der Waals surface area contributed by atoms with Gasteiger partial charge in [0.05, 0.1) is 27.1 Å². The van der Waals surface area contributed by atoms with Gasteiger partial charge in [-0.05, 0) is 6.07 Å². The SMILES string of the molecule is COc1cc(OC)c(OC)cc1CNC(=O)CSc1nncn1C. The Hall–Kier alpha value is -2.42. The van der Waals surface area contributed by atoms with E-state index in [0.717, 1.165) is 5.56 Å². The summed E-state index contributed by atoms with van der Waals surface area (Å²) in [4.78, 5) is 12.0. The van der Waals surface area contributed by atoms with Crippen LogP contribution in [0.25, 0.3) is 0 Å². The fraction of sp³-hybridized carbons (Fsp3) is 0.400. The van der Waals surface area contributed by atoms with Crippen molar-refractivity contribution in [2.45, 2.75) is 11.7 Å². The summed E-state index contributed by atoms with van der Waals surface area (Å²) in [7, 11) is 6.51. The van der Waals surface area contributed by atoms with E-state index in [0.29, 0.717) is 28.9 Å². The first kappa shape index (κ1) is 17.9. The lowest BCUT2D eigenvalue weighted by Gasteiger charge is -2.14. The molecule has 1 aromatic heterocycles. The number of hydrogen-bond acceptors (Lipinski definition) is 7. The number of carbonyl (C=O) groups excluding carboxylic acids is 1. The van der Waals surface area contributed by atoms with Crippen molar-refractivity contribution in [2.75, 3.05) is 27.1 Å². The molecule has 130 valence electrons. The zero-order valence-electron chi connectivity index (χ0n) is 14.0. The number of benzene rings is 1. The topological polar surface area (TPSA) is 87.5 Å². The van der Waals surface area contributed by atoms with E-state index in [1.807, 2.05) is 7.05 Å². The first-order valence-corrected chi connectivity index (χ1v) is 8.10.